The summed E-state index contributed by atoms with van der Waals surface area (Å²) >= 11 is 0. The van der Waals surface area contributed by atoms with E-state index in [-0.39, 0.29) is 14.7 Å². The summed E-state index contributed by atoms with van der Waals surface area (Å²) in [5.74, 6) is 0. The summed E-state index contributed by atoms with van der Waals surface area (Å²) in [4.78, 5) is 2.10. The molecule has 1 heterocycles. The predicted octanol–water partition coefficient (Wildman–Crippen LogP) is 2.08. The first-order valence-electron chi connectivity index (χ1n) is 7.93. The molecule has 1 fully saturated rings. The molecule has 0 amide bonds. The van der Waals surface area contributed by atoms with E-state index in [1.165, 1.54) is 18.2 Å². The summed E-state index contributed by atoms with van der Waals surface area (Å²) in [5.41, 5.74) is 1.35. The number of anilines is 1. The van der Waals surface area contributed by atoms with Crippen LogP contribution >= 0.6 is 0 Å². The summed E-state index contributed by atoms with van der Waals surface area (Å²) in [5, 5.41) is 5.22. The smallest absolute Gasteiger partial charge is 0.238 e. The Kier molecular flexibility index (Phi) is 4.61. The second kappa shape index (κ2) is 6.44. The van der Waals surface area contributed by atoms with Gasteiger partial charge in [-0.25, -0.2) is 22.0 Å². The summed E-state index contributed by atoms with van der Waals surface area (Å²) < 4.78 is 49.5. The Morgan fingerprint density at radius 3 is 2.00 bits per heavy atom. The molecule has 0 bridgehead atoms. The number of hydrogen-bond donors (Lipinski definition) is 1. The van der Waals surface area contributed by atoms with Crippen molar-refractivity contribution in [2.45, 2.75) is 34.5 Å². The predicted molar refractivity (Wildman–Crippen MR) is 95.9 cm³/mol. The minimum absolute atomic E-state index is 0.0859. The van der Waals surface area contributed by atoms with Gasteiger partial charge < -0.3 is 4.90 Å². The molecule has 2 aromatic carbocycles. The lowest BCUT2D eigenvalue weighted by Gasteiger charge is -2.22. The molecule has 6 nitrogen and oxygen atoms in total. The highest BCUT2D eigenvalue weighted by atomic mass is 32.2. The second-order valence-electron chi connectivity index (χ2n) is 6.19. The summed E-state index contributed by atoms with van der Waals surface area (Å²) in [6.07, 6.45) is 1.87. The molecule has 0 radical (unpaired) electrons. The van der Waals surface area contributed by atoms with Gasteiger partial charge in [0.15, 0.2) is 0 Å². The molecule has 1 aliphatic rings. The Balaban J connectivity index is 2.19. The maximum atomic E-state index is 13.1. The molecule has 3 rings (SSSR count). The molecule has 2 aromatic rings. The molecule has 25 heavy (non-hydrogen) atoms. The SMILES string of the molecule is Cc1ccc(S(=O)(=O)c2ccc(S(N)(=O)=O)cc2N2CCCC2)cc1. The minimum Gasteiger partial charge on any atom is -0.370 e. The van der Waals surface area contributed by atoms with Gasteiger partial charge in [-0.05, 0) is 50.1 Å². The van der Waals surface area contributed by atoms with Crippen LogP contribution in [-0.4, -0.2) is 29.9 Å². The highest BCUT2D eigenvalue weighted by molar-refractivity contribution is 7.91. The molecule has 1 saturated heterocycles. The van der Waals surface area contributed by atoms with Crippen LogP contribution in [0.1, 0.15) is 18.4 Å². The zero-order valence-corrected chi connectivity index (χ0v) is 15.5. The van der Waals surface area contributed by atoms with Crippen molar-refractivity contribution in [2.75, 3.05) is 18.0 Å². The van der Waals surface area contributed by atoms with E-state index in [2.05, 4.69) is 0 Å². The van der Waals surface area contributed by atoms with Crippen LogP contribution in [-0.2, 0) is 19.9 Å². The first-order valence-corrected chi connectivity index (χ1v) is 11.0. The lowest BCUT2D eigenvalue weighted by Crippen LogP contribution is -2.22. The Morgan fingerprint density at radius 1 is 0.880 bits per heavy atom. The van der Waals surface area contributed by atoms with Crippen LogP contribution in [0.2, 0.25) is 0 Å². The van der Waals surface area contributed by atoms with Crippen molar-refractivity contribution in [3.05, 3.63) is 48.0 Å². The zero-order chi connectivity index (χ0) is 18.2. The van der Waals surface area contributed by atoms with Gasteiger partial charge in [-0.3, -0.25) is 0 Å². The highest BCUT2D eigenvalue weighted by Gasteiger charge is 2.27. The number of aryl methyl sites for hydroxylation is 1. The van der Waals surface area contributed by atoms with Crippen LogP contribution in [0.3, 0.4) is 0 Å². The molecular weight excluding hydrogens is 360 g/mol. The Bertz CT molecular complexity index is 991. The van der Waals surface area contributed by atoms with Gasteiger partial charge in [-0.1, -0.05) is 17.7 Å². The van der Waals surface area contributed by atoms with E-state index >= 15 is 0 Å². The van der Waals surface area contributed by atoms with Gasteiger partial charge in [0, 0.05) is 13.1 Å². The number of rotatable bonds is 4. The van der Waals surface area contributed by atoms with E-state index < -0.39 is 19.9 Å². The first-order chi connectivity index (χ1) is 11.7. The van der Waals surface area contributed by atoms with Gasteiger partial charge in [0.1, 0.15) is 0 Å². The molecule has 0 aromatic heterocycles. The third-order valence-electron chi connectivity index (χ3n) is 4.33. The Labute approximate surface area is 148 Å². The summed E-state index contributed by atoms with van der Waals surface area (Å²) in [7, 11) is -7.67. The first kappa shape index (κ1) is 17.9. The fraction of sp³-hybridized carbons (Fsp3) is 0.294. The zero-order valence-electron chi connectivity index (χ0n) is 13.8. The Hall–Kier alpha value is -1.90. The number of benzene rings is 2. The number of nitrogens with two attached hydrogens (primary N) is 1. The van der Waals surface area contributed by atoms with Crippen LogP contribution in [0, 0.1) is 6.92 Å². The number of sulfone groups is 1. The fourth-order valence-corrected chi connectivity index (χ4v) is 4.94. The van der Waals surface area contributed by atoms with Crippen molar-refractivity contribution in [1.82, 2.24) is 0 Å². The molecule has 0 aliphatic carbocycles. The van der Waals surface area contributed by atoms with Crippen molar-refractivity contribution in [3.63, 3.8) is 0 Å². The normalized spacial score (nSPS) is 15.5. The van der Waals surface area contributed by atoms with E-state index in [0.29, 0.717) is 18.8 Å². The highest BCUT2D eigenvalue weighted by Crippen LogP contribution is 2.34. The molecule has 0 spiro atoms. The monoisotopic (exact) mass is 380 g/mol. The molecule has 0 unspecified atom stereocenters. The summed E-state index contributed by atoms with van der Waals surface area (Å²) in [6, 6.07) is 10.5. The number of primary sulfonamides is 1. The van der Waals surface area contributed by atoms with Crippen molar-refractivity contribution in [3.8, 4) is 0 Å². The largest absolute Gasteiger partial charge is 0.370 e. The van der Waals surface area contributed by atoms with Crippen LogP contribution in [0.5, 0.6) is 0 Å². The Morgan fingerprint density at radius 2 is 1.44 bits per heavy atom. The molecule has 0 atom stereocenters. The average Bonchev–Trinajstić information content (AvgIpc) is 3.08. The van der Waals surface area contributed by atoms with E-state index in [4.69, 9.17) is 5.14 Å². The average molecular weight is 380 g/mol. The summed E-state index contributed by atoms with van der Waals surface area (Å²) in [6.45, 7) is 3.25. The van der Waals surface area contributed by atoms with E-state index in [1.54, 1.807) is 24.3 Å². The maximum Gasteiger partial charge on any atom is 0.238 e. The number of hydrogen-bond acceptors (Lipinski definition) is 5. The molecule has 0 saturated carbocycles. The number of sulfonamides is 1. The minimum atomic E-state index is -3.91. The second-order valence-corrected chi connectivity index (χ2v) is 9.66. The van der Waals surface area contributed by atoms with Crippen molar-refractivity contribution >= 4 is 25.5 Å². The van der Waals surface area contributed by atoms with Crippen LogP contribution in [0.4, 0.5) is 5.69 Å². The standard InChI is InChI=1S/C17H20N2O4S2/c1-13-4-6-14(7-5-13)24(20,21)17-9-8-15(25(18,22)23)12-16(17)19-10-2-3-11-19/h4-9,12H,2-3,10-11H2,1H3,(H2,18,22,23). The lowest BCUT2D eigenvalue weighted by molar-refractivity contribution is 0.592. The van der Waals surface area contributed by atoms with Crippen molar-refractivity contribution in [1.29, 1.82) is 0 Å². The molecular formula is C17H20N2O4S2. The lowest BCUT2D eigenvalue weighted by atomic mass is 10.2. The molecule has 1 aliphatic heterocycles. The third-order valence-corrected chi connectivity index (χ3v) is 7.05. The quantitative estimate of drug-likeness (QED) is 0.876. The topological polar surface area (TPSA) is 97.5 Å². The van der Waals surface area contributed by atoms with Gasteiger partial charge in [-0.15, -0.1) is 0 Å². The van der Waals surface area contributed by atoms with Gasteiger partial charge in [-0.2, -0.15) is 0 Å². The van der Waals surface area contributed by atoms with Crippen molar-refractivity contribution in [2.24, 2.45) is 5.14 Å². The van der Waals surface area contributed by atoms with E-state index in [0.717, 1.165) is 18.4 Å². The van der Waals surface area contributed by atoms with Crippen LogP contribution in [0.25, 0.3) is 0 Å². The van der Waals surface area contributed by atoms with Gasteiger partial charge in [0.25, 0.3) is 0 Å². The van der Waals surface area contributed by atoms with E-state index in [1.807, 2.05) is 11.8 Å². The van der Waals surface area contributed by atoms with E-state index in [9.17, 15) is 16.8 Å². The van der Waals surface area contributed by atoms with Crippen LogP contribution in [0.15, 0.2) is 57.2 Å². The van der Waals surface area contributed by atoms with Gasteiger partial charge in [0.05, 0.1) is 20.4 Å². The molecule has 134 valence electrons. The maximum absolute atomic E-state index is 13.1. The third kappa shape index (κ3) is 3.56. The molecule has 2 N–H and O–H groups in total. The van der Waals surface area contributed by atoms with Gasteiger partial charge in [0.2, 0.25) is 19.9 Å². The fourth-order valence-electron chi connectivity index (χ4n) is 2.95. The van der Waals surface area contributed by atoms with Crippen molar-refractivity contribution < 1.29 is 16.8 Å². The molecule has 8 heteroatoms. The van der Waals surface area contributed by atoms with Crippen LogP contribution < -0.4 is 10.0 Å². The van der Waals surface area contributed by atoms with Gasteiger partial charge >= 0.3 is 0 Å². The number of nitrogens with zero attached hydrogens (tertiary/aromatic N) is 1.